The molecule has 9 heteroatoms. The maximum absolute atomic E-state index is 12.4. The van der Waals surface area contributed by atoms with Gasteiger partial charge in [-0.2, -0.15) is 5.10 Å². The van der Waals surface area contributed by atoms with E-state index in [1.165, 1.54) is 11.8 Å². The van der Waals surface area contributed by atoms with E-state index in [0.717, 1.165) is 21.4 Å². The predicted molar refractivity (Wildman–Crippen MR) is 97.4 cm³/mol. The fraction of sp³-hybridized carbons (Fsp3) is 0.500. The average Bonchev–Trinajstić information content (AvgIpc) is 3.22. The Hall–Kier alpha value is -1.87. The maximum atomic E-state index is 12.4. The molecule has 0 aliphatic carbocycles. The number of thioether (sulfide) groups is 1. The van der Waals surface area contributed by atoms with Gasteiger partial charge in [-0.25, -0.2) is 4.98 Å². The normalized spacial score (nSPS) is 13.6. The number of nitrogens with zero attached hydrogens (tertiary/aromatic N) is 4. The lowest BCUT2D eigenvalue weighted by Crippen LogP contribution is -2.39. The lowest BCUT2D eigenvalue weighted by atomic mass is 10.2. The molecular weight excluding hydrogens is 358 g/mol. The van der Waals surface area contributed by atoms with Crippen LogP contribution in [-0.4, -0.2) is 43.8 Å². The average molecular weight is 380 g/mol. The Morgan fingerprint density at radius 2 is 2.24 bits per heavy atom. The van der Waals surface area contributed by atoms with Gasteiger partial charge in [-0.1, -0.05) is 18.7 Å². The van der Waals surface area contributed by atoms with E-state index in [9.17, 15) is 9.59 Å². The molecule has 0 bridgehead atoms. The molecule has 0 aromatic carbocycles. The van der Waals surface area contributed by atoms with Crippen molar-refractivity contribution in [1.29, 1.82) is 0 Å². The van der Waals surface area contributed by atoms with E-state index < -0.39 is 0 Å². The summed E-state index contributed by atoms with van der Waals surface area (Å²) in [5, 5.41) is 9.32. The quantitative estimate of drug-likeness (QED) is 0.774. The van der Waals surface area contributed by atoms with Crippen LogP contribution in [0.3, 0.4) is 0 Å². The van der Waals surface area contributed by atoms with Gasteiger partial charge in [-0.3, -0.25) is 14.3 Å². The van der Waals surface area contributed by atoms with Crippen molar-refractivity contribution in [3.63, 3.8) is 0 Å². The standard InChI is InChI=1S/C16H21N5O2S2/c1-3-14(22)17-7-12-6-13-8-20(4-5-21(13)19-12)15(23)10-25-16-18-11(2)9-24-16/h6,9H,3-5,7-8,10H2,1-2H3,(H,17,22). The molecule has 2 amide bonds. The van der Waals surface area contributed by atoms with Crippen LogP contribution in [0, 0.1) is 6.92 Å². The zero-order valence-corrected chi connectivity index (χ0v) is 16.0. The van der Waals surface area contributed by atoms with E-state index in [1.54, 1.807) is 11.3 Å². The Kier molecular flexibility index (Phi) is 5.74. The zero-order valence-electron chi connectivity index (χ0n) is 14.3. The number of hydrogen-bond donors (Lipinski definition) is 1. The number of carbonyl (C=O) groups excluding carboxylic acids is 2. The molecule has 0 saturated heterocycles. The number of fused-ring (bicyclic) bond motifs is 1. The Morgan fingerprint density at radius 1 is 1.40 bits per heavy atom. The van der Waals surface area contributed by atoms with Gasteiger partial charge in [-0.15, -0.1) is 11.3 Å². The molecule has 0 unspecified atom stereocenters. The van der Waals surface area contributed by atoms with E-state index in [2.05, 4.69) is 15.4 Å². The number of carbonyl (C=O) groups is 2. The number of aryl methyl sites for hydroxylation is 1. The minimum absolute atomic E-state index is 0.0113. The SMILES string of the molecule is CCC(=O)NCc1cc2n(n1)CCN(C(=O)CSc1nc(C)cs1)C2. The fourth-order valence-corrected chi connectivity index (χ4v) is 4.30. The maximum Gasteiger partial charge on any atom is 0.233 e. The van der Waals surface area contributed by atoms with Crippen LogP contribution in [0.4, 0.5) is 0 Å². The van der Waals surface area contributed by atoms with Gasteiger partial charge in [0.2, 0.25) is 11.8 Å². The first-order valence-corrected chi connectivity index (χ1v) is 10.1. The third-order valence-electron chi connectivity index (χ3n) is 3.91. The van der Waals surface area contributed by atoms with Crippen molar-refractivity contribution in [3.8, 4) is 0 Å². The van der Waals surface area contributed by atoms with Gasteiger partial charge in [0.05, 0.1) is 36.8 Å². The molecule has 3 heterocycles. The van der Waals surface area contributed by atoms with Crippen molar-refractivity contribution < 1.29 is 9.59 Å². The molecule has 3 rings (SSSR count). The zero-order chi connectivity index (χ0) is 17.8. The summed E-state index contributed by atoms with van der Waals surface area (Å²) in [6.45, 7) is 6.11. The Labute approximate surface area is 154 Å². The Balaban J connectivity index is 1.54. The molecule has 134 valence electrons. The topological polar surface area (TPSA) is 80.1 Å². The van der Waals surface area contributed by atoms with Crippen LogP contribution in [0.1, 0.15) is 30.4 Å². The van der Waals surface area contributed by atoms with Crippen molar-refractivity contribution in [2.24, 2.45) is 0 Å². The van der Waals surface area contributed by atoms with Crippen molar-refractivity contribution >= 4 is 34.9 Å². The van der Waals surface area contributed by atoms with E-state index >= 15 is 0 Å². The molecule has 0 saturated carbocycles. The smallest absolute Gasteiger partial charge is 0.233 e. The molecule has 25 heavy (non-hydrogen) atoms. The summed E-state index contributed by atoms with van der Waals surface area (Å²) < 4.78 is 2.86. The van der Waals surface area contributed by atoms with Gasteiger partial charge in [0.1, 0.15) is 0 Å². The highest BCUT2D eigenvalue weighted by Gasteiger charge is 2.22. The number of rotatable bonds is 6. The van der Waals surface area contributed by atoms with Crippen molar-refractivity contribution in [1.82, 2.24) is 25.0 Å². The van der Waals surface area contributed by atoms with Crippen LogP contribution < -0.4 is 5.32 Å². The number of thiazole rings is 1. The van der Waals surface area contributed by atoms with Crippen LogP contribution in [0.2, 0.25) is 0 Å². The summed E-state index contributed by atoms with van der Waals surface area (Å²) in [4.78, 5) is 30.0. The lowest BCUT2D eigenvalue weighted by Gasteiger charge is -2.27. The molecular formula is C16H21N5O2S2. The summed E-state index contributed by atoms with van der Waals surface area (Å²) in [6.07, 6.45) is 0.464. The summed E-state index contributed by atoms with van der Waals surface area (Å²) in [5.74, 6) is 0.531. The Bertz CT molecular complexity index is 770. The van der Waals surface area contributed by atoms with Crippen LogP contribution in [-0.2, 0) is 29.2 Å². The van der Waals surface area contributed by atoms with Crippen molar-refractivity contribution in [2.45, 2.75) is 44.2 Å². The van der Waals surface area contributed by atoms with Gasteiger partial charge in [0, 0.05) is 24.0 Å². The highest BCUT2D eigenvalue weighted by molar-refractivity contribution is 8.01. The third kappa shape index (κ3) is 4.60. The minimum Gasteiger partial charge on any atom is -0.350 e. The van der Waals surface area contributed by atoms with Crippen LogP contribution in [0.5, 0.6) is 0 Å². The van der Waals surface area contributed by atoms with Gasteiger partial charge in [0.15, 0.2) is 4.34 Å². The first kappa shape index (κ1) is 17.9. The summed E-state index contributed by atoms with van der Waals surface area (Å²) in [7, 11) is 0. The van der Waals surface area contributed by atoms with E-state index in [4.69, 9.17) is 0 Å². The van der Waals surface area contributed by atoms with Gasteiger partial charge >= 0.3 is 0 Å². The number of amides is 2. The summed E-state index contributed by atoms with van der Waals surface area (Å²) in [6, 6.07) is 1.96. The number of aromatic nitrogens is 3. The van der Waals surface area contributed by atoms with Gasteiger partial charge < -0.3 is 10.2 Å². The van der Waals surface area contributed by atoms with E-state index in [-0.39, 0.29) is 11.8 Å². The van der Waals surface area contributed by atoms with E-state index in [0.29, 0.717) is 38.4 Å². The third-order valence-corrected chi connectivity index (χ3v) is 6.03. The molecule has 1 aliphatic rings. The van der Waals surface area contributed by atoms with Crippen molar-refractivity contribution in [2.75, 3.05) is 12.3 Å². The molecule has 2 aromatic rings. The molecule has 0 radical (unpaired) electrons. The van der Waals surface area contributed by atoms with Crippen molar-refractivity contribution in [3.05, 3.63) is 28.5 Å². The second-order valence-corrected chi connectivity index (χ2v) is 7.92. The van der Waals surface area contributed by atoms with Gasteiger partial charge in [-0.05, 0) is 13.0 Å². The minimum atomic E-state index is 0.0113. The Morgan fingerprint density at radius 3 is 2.96 bits per heavy atom. The number of hydrogen-bond acceptors (Lipinski definition) is 6. The molecule has 1 aliphatic heterocycles. The summed E-state index contributed by atoms with van der Waals surface area (Å²) >= 11 is 3.06. The van der Waals surface area contributed by atoms with Crippen LogP contribution >= 0.6 is 23.1 Å². The molecule has 1 N–H and O–H groups in total. The molecule has 7 nitrogen and oxygen atoms in total. The fourth-order valence-electron chi connectivity index (χ4n) is 2.55. The predicted octanol–water partition coefficient (Wildman–Crippen LogP) is 1.81. The molecule has 0 spiro atoms. The highest BCUT2D eigenvalue weighted by Crippen LogP contribution is 2.23. The highest BCUT2D eigenvalue weighted by atomic mass is 32.2. The lowest BCUT2D eigenvalue weighted by molar-refractivity contribution is -0.129. The monoisotopic (exact) mass is 379 g/mol. The number of nitrogens with one attached hydrogen (secondary N) is 1. The summed E-state index contributed by atoms with van der Waals surface area (Å²) in [5.41, 5.74) is 2.83. The molecule has 2 aromatic heterocycles. The molecule has 0 atom stereocenters. The first-order chi connectivity index (χ1) is 12.0. The largest absolute Gasteiger partial charge is 0.350 e. The second kappa shape index (κ2) is 8.01. The van der Waals surface area contributed by atoms with E-state index in [1.807, 2.05) is 34.9 Å². The van der Waals surface area contributed by atoms with Crippen LogP contribution in [0.25, 0.3) is 0 Å². The second-order valence-electron chi connectivity index (χ2n) is 5.84. The first-order valence-electron chi connectivity index (χ1n) is 8.20. The van der Waals surface area contributed by atoms with Crippen LogP contribution in [0.15, 0.2) is 15.8 Å². The van der Waals surface area contributed by atoms with Gasteiger partial charge in [0.25, 0.3) is 0 Å². The molecule has 0 fully saturated rings.